The van der Waals surface area contributed by atoms with Gasteiger partial charge in [0.05, 0.1) is 19.6 Å². The summed E-state index contributed by atoms with van der Waals surface area (Å²) in [4.78, 5) is 12.1. The molecule has 0 amide bonds. The molecule has 0 fully saturated rings. The van der Waals surface area contributed by atoms with Gasteiger partial charge in [0.1, 0.15) is 5.76 Å². The molecule has 0 radical (unpaired) electrons. The summed E-state index contributed by atoms with van der Waals surface area (Å²) in [5, 5.41) is 1.35. The van der Waals surface area contributed by atoms with Gasteiger partial charge in [-0.05, 0) is 30.0 Å². The molecule has 0 aliphatic rings. The molecule has 4 nitrogen and oxygen atoms in total. The SMILES string of the molecule is CCCCCCc1cc2cc(OC)c(OC)cc2c(=O)o1. The molecule has 1 aromatic heterocycles. The number of fused-ring (bicyclic) bond motifs is 1. The number of methoxy groups -OCH3 is 2. The van der Waals surface area contributed by atoms with Crippen molar-refractivity contribution in [2.24, 2.45) is 0 Å². The number of rotatable bonds is 7. The molecule has 0 bridgehead atoms. The summed E-state index contributed by atoms with van der Waals surface area (Å²) >= 11 is 0. The normalized spacial score (nSPS) is 10.8. The van der Waals surface area contributed by atoms with E-state index in [2.05, 4.69) is 6.92 Å². The zero-order valence-corrected chi connectivity index (χ0v) is 12.9. The van der Waals surface area contributed by atoms with Crippen molar-refractivity contribution in [2.75, 3.05) is 14.2 Å². The van der Waals surface area contributed by atoms with Gasteiger partial charge in [0.15, 0.2) is 11.5 Å². The van der Waals surface area contributed by atoms with E-state index < -0.39 is 0 Å². The van der Waals surface area contributed by atoms with Crippen molar-refractivity contribution in [1.29, 1.82) is 0 Å². The fourth-order valence-corrected chi connectivity index (χ4v) is 2.42. The van der Waals surface area contributed by atoms with Gasteiger partial charge in [0.25, 0.3) is 0 Å². The quantitative estimate of drug-likeness (QED) is 0.725. The highest BCUT2D eigenvalue weighted by molar-refractivity contribution is 5.85. The van der Waals surface area contributed by atoms with Crippen LogP contribution in [0.3, 0.4) is 0 Å². The molecule has 0 saturated heterocycles. The Bertz CT molecular complexity index is 658. The predicted octanol–water partition coefficient (Wildman–Crippen LogP) is 3.93. The van der Waals surface area contributed by atoms with Crippen LogP contribution in [0.25, 0.3) is 10.8 Å². The average Bonchev–Trinajstić information content (AvgIpc) is 2.50. The van der Waals surface area contributed by atoms with Gasteiger partial charge >= 0.3 is 5.63 Å². The lowest BCUT2D eigenvalue weighted by Crippen LogP contribution is -2.03. The molecule has 0 aliphatic carbocycles. The molecule has 4 heteroatoms. The van der Waals surface area contributed by atoms with E-state index >= 15 is 0 Å². The Morgan fingerprint density at radius 1 is 1.00 bits per heavy atom. The van der Waals surface area contributed by atoms with Gasteiger partial charge < -0.3 is 13.9 Å². The van der Waals surface area contributed by atoms with E-state index in [1.54, 1.807) is 20.3 Å². The largest absolute Gasteiger partial charge is 0.493 e. The van der Waals surface area contributed by atoms with Crippen LogP contribution < -0.4 is 15.1 Å². The molecule has 0 spiro atoms. The first kappa shape index (κ1) is 15.4. The minimum absolute atomic E-state index is 0.320. The highest BCUT2D eigenvalue weighted by Gasteiger charge is 2.11. The van der Waals surface area contributed by atoms with Gasteiger partial charge in [-0.25, -0.2) is 4.79 Å². The van der Waals surface area contributed by atoms with E-state index in [4.69, 9.17) is 13.9 Å². The van der Waals surface area contributed by atoms with E-state index in [1.807, 2.05) is 12.1 Å². The van der Waals surface area contributed by atoms with E-state index in [-0.39, 0.29) is 5.63 Å². The Kier molecular flexibility index (Phi) is 5.26. The van der Waals surface area contributed by atoms with E-state index in [1.165, 1.54) is 12.8 Å². The maximum absolute atomic E-state index is 12.1. The maximum Gasteiger partial charge on any atom is 0.343 e. The Hall–Kier alpha value is -1.97. The number of unbranched alkanes of at least 4 members (excludes halogenated alkanes) is 3. The van der Waals surface area contributed by atoms with Gasteiger partial charge in [0.2, 0.25) is 0 Å². The van der Waals surface area contributed by atoms with Crippen molar-refractivity contribution in [1.82, 2.24) is 0 Å². The van der Waals surface area contributed by atoms with Crippen LogP contribution in [0.2, 0.25) is 0 Å². The van der Waals surface area contributed by atoms with Gasteiger partial charge in [-0.1, -0.05) is 26.2 Å². The highest BCUT2D eigenvalue weighted by Crippen LogP contribution is 2.31. The third kappa shape index (κ3) is 3.57. The second-order valence-corrected chi connectivity index (χ2v) is 5.11. The summed E-state index contributed by atoms with van der Waals surface area (Å²) in [5.74, 6) is 1.89. The number of ether oxygens (including phenoxy) is 2. The van der Waals surface area contributed by atoms with Crippen molar-refractivity contribution in [3.63, 3.8) is 0 Å². The lowest BCUT2D eigenvalue weighted by molar-refractivity contribution is 0.355. The van der Waals surface area contributed by atoms with Crippen LogP contribution >= 0.6 is 0 Å². The zero-order valence-electron chi connectivity index (χ0n) is 12.9. The molecule has 0 aliphatic heterocycles. The molecular weight excluding hydrogens is 268 g/mol. The van der Waals surface area contributed by atoms with Crippen LogP contribution in [0.4, 0.5) is 0 Å². The van der Waals surface area contributed by atoms with Crippen LogP contribution in [0.1, 0.15) is 38.4 Å². The van der Waals surface area contributed by atoms with Crippen LogP contribution in [0.15, 0.2) is 27.4 Å². The molecular formula is C17H22O4. The lowest BCUT2D eigenvalue weighted by Gasteiger charge is -2.09. The topological polar surface area (TPSA) is 48.7 Å². The standard InChI is InChI=1S/C17H22O4/c1-4-5-6-7-8-13-9-12-10-15(19-2)16(20-3)11-14(12)17(18)21-13/h9-11H,4-8H2,1-3H3. The monoisotopic (exact) mass is 290 g/mol. The summed E-state index contributed by atoms with van der Waals surface area (Å²) in [5.41, 5.74) is -0.320. The van der Waals surface area contributed by atoms with E-state index in [0.29, 0.717) is 16.9 Å². The van der Waals surface area contributed by atoms with Crippen molar-refractivity contribution < 1.29 is 13.9 Å². The van der Waals surface area contributed by atoms with Crippen LogP contribution in [0, 0.1) is 0 Å². The van der Waals surface area contributed by atoms with Crippen LogP contribution in [-0.4, -0.2) is 14.2 Å². The minimum Gasteiger partial charge on any atom is -0.493 e. The zero-order chi connectivity index (χ0) is 15.2. The van der Waals surface area contributed by atoms with Gasteiger partial charge in [-0.2, -0.15) is 0 Å². The second kappa shape index (κ2) is 7.16. The molecule has 1 heterocycles. The summed E-state index contributed by atoms with van der Waals surface area (Å²) in [7, 11) is 3.13. The van der Waals surface area contributed by atoms with Crippen molar-refractivity contribution in [2.45, 2.75) is 39.0 Å². The number of benzene rings is 1. The molecule has 1 aromatic carbocycles. The van der Waals surface area contributed by atoms with E-state index in [9.17, 15) is 4.79 Å². The third-order valence-electron chi connectivity index (χ3n) is 3.59. The molecule has 114 valence electrons. The van der Waals surface area contributed by atoms with Gasteiger partial charge in [0, 0.05) is 6.42 Å². The van der Waals surface area contributed by atoms with Crippen molar-refractivity contribution >= 4 is 10.8 Å². The summed E-state index contributed by atoms with van der Waals surface area (Å²) in [6.07, 6.45) is 5.39. The van der Waals surface area contributed by atoms with Crippen LogP contribution in [0.5, 0.6) is 11.5 Å². The molecule has 0 atom stereocenters. The lowest BCUT2D eigenvalue weighted by atomic mass is 10.1. The Morgan fingerprint density at radius 2 is 1.71 bits per heavy atom. The van der Waals surface area contributed by atoms with E-state index in [0.717, 1.165) is 30.4 Å². The Labute approximate surface area is 124 Å². The Balaban J connectivity index is 2.33. The van der Waals surface area contributed by atoms with Gasteiger partial charge in [-0.15, -0.1) is 0 Å². The van der Waals surface area contributed by atoms with Crippen molar-refractivity contribution in [3.05, 3.63) is 34.4 Å². The van der Waals surface area contributed by atoms with Crippen LogP contribution in [-0.2, 0) is 6.42 Å². The van der Waals surface area contributed by atoms with Crippen molar-refractivity contribution in [3.8, 4) is 11.5 Å². The maximum atomic E-state index is 12.1. The molecule has 21 heavy (non-hydrogen) atoms. The first-order valence-electron chi connectivity index (χ1n) is 7.38. The first-order valence-corrected chi connectivity index (χ1v) is 7.38. The smallest absolute Gasteiger partial charge is 0.343 e. The highest BCUT2D eigenvalue weighted by atomic mass is 16.5. The number of aryl methyl sites for hydroxylation is 1. The average molecular weight is 290 g/mol. The predicted molar refractivity (Wildman–Crippen MR) is 83.4 cm³/mol. The molecule has 0 N–H and O–H groups in total. The summed E-state index contributed by atoms with van der Waals surface area (Å²) in [6.45, 7) is 2.18. The Morgan fingerprint density at radius 3 is 2.38 bits per heavy atom. The summed E-state index contributed by atoms with van der Waals surface area (Å²) < 4.78 is 15.9. The number of hydrogen-bond donors (Lipinski definition) is 0. The number of hydrogen-bond acceptors (Lipinski definition) is 4. The fraction of sp³-hybridized carbons (Fsp3) is 0.471. The molecule has 2 rings (SSSR count). The second-order valence-electron chi connectivity index (χ2n) is 5.11. The molecule has 0 saturated carbocycles. The van der Waals surface area contributed by atoms with Gasteiger partial charge in [-0.3, -0.25) is 0 Å². The molecule has 0 unspecified atom stereocenters. The summed E-state index contributed by atoms with van der Waals surface area (Å²) in [6, 6.07) is 5.41. The third-order valence-corrected chi connectivity index (χ3v) is 3.59. The first-order chi connectivity index (χ1) is 10.2. The minimum atomic E-state index is -0.320. The fourth-order valence-electron chi connectivity index (χ4n) is 2.42. The molecule has 2 aromatic rings.